The molecule has 0 atom stereocenters. The van der Waals surface area contributed by atoms with Crippen LogP contribution < -0.4 is 0 Å². The molecule has 0 spiro atoms. The van der Waals surface area contributed by atoms with E-state index in [1.165, 1.54) is 0 Å². The molecule has 0 unspecified atom stereocenters. The van der Waals surface area contributed by atoms with Crippen molar-refractivity contribution in [3.63, 3.8) is 0 Å². The summed E-state index contributed by atoms with van der Waals surface area (Å²) in [5.74, 6) is 0. The van der Waals surface area contributed by atoms with Gasteiger partial charge < -0.3 is 4.57 Å². The minimum absolute atomic E-state index is 0.111. The van der Waals surface area contributed by atoms with Crippen LogP contribution in [0, 0.1) is 0 Å². The molecule has 18 heavy (non-hydrogen) atoms. The summed E-state index contributed by atoms with van der Waals surface area (Å²) in [5.41, 5.74) is 0.257. The molecule has 0 radical (unpaired) electrons. The van der Waals surface area contributed by atoms with Crippen LogP contribution in [0.1, 0.15) is 61.8 Å². The predicted octanol–water partition coefficient (Wildman–Crippen LogP) is 5.15. The van der Waals surface area contributed by atoms with Crippen molar-refractivity contribution in [3.05, 3.63) is 12.7 Å². The van der Waals surface area contributed by atoms with Gasteiger partial charge in [0.25, 0.3) is 0 Å². The number of hydrogen-bond acceptors (Lipinski definition) is 1. The maximum atomic E-state index is 13.6. The van der Waals surface area contributed by atoms with Crippen LogP contribution in [0.2, 0.25) is 0 Å². The summed E-state index contributed by atoms with van der Waals surface area (Å²) >= 11 is 0. The first-order valence-electron chi connectivity index (χ1n) is 7.01. The lowest BCUT2D eigenvalue weighted by molar-refractivity contribution is 0.185. The van der Waals surface area contributed by atoms with Gasteiger partial charge >= 0.3 is 0 Å². The zero-order valence-corrected chi connectivity index (χ0v) is 14.4. The van der Waals surface area contributed by atoms with Crippen molar-refractivity contribution >= 4 is 7.29 Å². The van der Waals surface area contributed by atoms with E-state index in [0.717, 1.165) is 6.42 Å². The van der Waals surface area contributed by atoms with Crippen molar-refractivity contribution < 1.29 is 4.57 Å². The van der Waals surface area contributed by atoms with Gasteiger partial charge in [-0.05, 0) is 34.1 Å². The third kappa shape index (κ3) is 3.48. The zero-order chi connectivity index (χ0) is 14.7. The smallest absolute Gasteiger partial charge is 0.155 e. The van der Waals surface area contributed by atoms with Crippen LogP contribution in [0.15, 0.2) is 12.7 Å². The highest BCUT2D eigenvalue weighted by molar-refractivity contribution is 7.63. The van der Waals surface area contributed by atoms with E-state index in [0.29, 0.717) is 0 Å². The molecule has 0 aromatic rings. The van der Waals surface area contributed by atoms with Crippen LogP contribution in [-0.2, 0) is 4.57 Å². The predicted molar refractivity (Wildman–Crippen MR) is 83.7 cm³/mol. The average molecular weight is 273 g/mol. The fourth-order valence-electron chi connectivity index (χ4n) is 3.02. The second-order valence-corrected chi connectivity index (χ2v) is 10.4. The zero-order valence-electron chi connectivity index (χ0n) is 13.5. The van der Waals surface area contributed by atoms with Gasteiger partial charge in [0.1, 0.15) is 0 Å². The molecule has 0 bridgehead atoms. The highest BCUT2D eigenvalue weighted by Gasteiger charge is 2.45. The lowest BCUT2D eigenvalue weighted by Gasteiger charge is -2.49. The molecule has 0 heterocycles. The molecular weight excluding hydrogens is 241 g/mol. The molecule has 0 rings (SSSR count). The Morgan fingerprint density at radius 3 is 1.72 bits per heavy atom. The number of rotatable bonds is 7. The van der Waals surface area contributed by atoms with E-state index in [1.807, 2.05) is 6.08 Å². The van der Waals surface area contributed by atoms with E-state index in [2.05, 4.69) is 66.6 Å². The van der Waals surface area contributed by atoms with Crippen molar-refractivity contribution in [2.45, 2.75) is 84.7 Å². The van der Waals surface area contributed by atoms with Gasteiger partial charge in [0.05, 0.1) is 0 Å². The second kappa shape index (κ2) is 6.39. The highest BCUT2D eigenvalue weighted by atomic mass is 31.2. The highest BCUT2D eigenvalue weighted by Crippen LogP contribution is 2.62. The molecule has 3 heteroatoms. The Kier molecular flexibility index (Phi) is 6.36. The van der Waals surface area contributed by atoms with Gasteiger partial charge in [0.2, 0.25) is 0 Å². The maximum Gasteiger partial charge on any atom is 0.155 e. The summed E-state index contributed by atoms with van der Waals surface area (Å²) in [5, 5.41) is 0. The largest absolute Gasteiger partial charge is 0.306 e. The third-order valence-electron chi connectivity index (χ3n) is 3.57. The van der Waals surface area contributed by atoms with E-state index >= 15 is 0 Å². The first-order chi connectivity index (χ1) is 8.01. The number of hydrogen-bond donors (Lipinski definition) is 0. The first-order valence-corrected chi connectivity index (χ1v) is 8.81. The Labute approximate surface area is 114 Å². The lowest BCUT2D eigenvalue weighted by atomic mass is 10.00. The summed E-state index contributed by atoms with van der Waals surface area (Å²) in [6.45, 7) is 20.8. The molecule has 0 N–H and O–H groups in total. The maximum absolute atomic E-state index is 13.6. The molecule has 0 aromatic carbocycles. The fraction of sp³-hybridized carbons (Fsp3) is 0.867. The molecule has 108 valence electrons. The van der Waals surface area contributed by atoms with Gasteiger partial charge in [0, 0.05) is 22.9 Å². The van der Waals surface area contributed by atoms with Crippen molar-refractivity contribution in [2.75, 3.05) is 0 Å². The topological polar surface area (TPSA) is 20.3 Å². The molecule has 0 saturated carbocycles. The van der Waals surface area contributed by atoms with Gasteiger partial charge in [-0.25, -0.2) is 4.67 Å². The Morgan fingerprint density at radius 1 is 1.11 bits per heavy atom. The molecule has 0 aromatic heterocycles. The summed E-state index contributed by atoms with van der Waals surface area (Å²) in [6, 6.07) is 0.274. The third-order valence-corrected chi connectivity index (χ3v) is 8.21. The van der Waals surface area contributed by atoms with E-state index < -0.39 is 7.29 Å². The molecule has 0 amide bonds. The lowest BCUT2D eigenvalue weighted by Crippen LogP contribution is -2.48. The van der Waals surface area contributed by atoms with Gasteiger partial charge in [-0.3, -0.25) is 0 Å². The molecular formula is C15H32NOP. The first kappa shape index (κ1) is 17.9. The summed E-state index contributed by atoms with van der Waals surface area (Å²) in [6.07, 6.45) is 2.79. The Morgan fingerprint density at radius 2 is 1.50 bits per heavy atom. The molecule has 0 fully saturated rings. The minimum Gasteiger partial charge on any atom is -0.306 e. The van der Waals surface area contributed by atoms with E-state index in [4.69, 9.17) is 0 Å². The molecule has 0 aliphatic carbocycles. The quantitative estimate of drug-likeness (QED) is 0.472. The fourth-order valence-corrected chi connectivity index (χ4v) is 6.86. The molecule has 0 aliphatic rings. The minimum atomic E-state index is -2.40. The SMILES string of the molecule is C=CCC(C)(C)N(C(C)C)P(=O)(C(C)C)C(C)C. The van der Waals surface area contributed by atoms with Crippen LogP contribution in [0.25, 0.3) is 0 Å². The summed E-state index contributed by atoms with van der Waals surface area (Å²) in [4.78, 5) is 0. The van der Waals surface area contributed by atoms with Crippen molar-refractivity contribution in [3.8, 4) is 0 Å². The van der Waals surface area contributed by atoms with Gasteiger partial charge in [0.15, 0.2) is 7.29 Å². The van der Waals surface area contributed by atoms with E-state index in [-0.39, 0.29) is 22.9 Å². The van der Waals surface area contributed by atoms with Crippen LogP contribution in [0.3, 0.4) is 0 Å². The van der Waals surface area contributed by atoms with Gasteiger partial charge in [-0.1, -0.05) is 33.8 Å². The van der Waals surface area contributed by atoms with Gasteiger partial charge in [-0.2, -0.15) is 0 Å². The van der Waals surface area contributed by atoms with Gasteiger partial charge in [-0.15, -0.1) is 6.58 Å². The molecule has 2 nitrogen and oxygen atoms in total. The average Bonchev–Trinajstić information content (AvgIpc) is 2.15. The summed E-state index contributed by atoms with van der Waals surface area (Å²) in [7, 11) is -2.40. The normalized spacial score (nSPS) is 14.0. The molecule has 0 saturated heterocycles. The Hall–Kier alpha value is -0.0700. The van der Waals surface area contributed by atoms with Crippen LogP contribution in [0.4, 0.5) is 0 Å². The van der Waals surface area contributed by atoms with Crippen LogP contribution >= 0.6 is 7.29 Å². The van der Waals surface area contributed by atoms with Crippen molar-refractivity contribution in [1.82, 2.24) is 4.67 Å². The van der Waals surface area contributed by atoms with E-state index in [1.54, 1.807) is 0 Å². The van der Waals surface area contributed by atoms with Crippen LogP contribution in [0.5, 0.6) is 0 Å². The Balaban J connectivity index is 5.73. The number of nitrogens with zero attached hydrogens (tertiary/aromatic N) is 1. The monoisotopic (exact) mass is 273 g/mol. The standard InChI is InChI=1S/C15H32NOP/c1-10-11-15(8,9)16(12(2)3)18(17,13(4)5)14(6)7/h10,12-14H,1,11H2,2-9H3. The summed E-state index contributed by atoms with van der Waals surface area (Å²) < 4.78 is 15.8. The van der Waals surface area contributed by atoms with Crippen LogP contribution in [-0.4, -0.2) is 27.6 Å². The molecule has 0 aliphatic heterocycles. The Bertz CT molecular complexity index is 306. The van der Waals surface area contributed by atoms with E-state index in [9.17, 15) is 4.57 Å². The van der Waals surface area contributed by atoms with Crippen molar-refractivity contribution in [2.24, 2.45) is 0 Å². The second-order valence-electron chi connectivity index (χ2n) is 6.60. The van der Waals surface area contributed by atoms with Crippen molar-refractivity contribution in [1.29, 1.82) is 0 Å².